The smallest absolute Gasteiger partial charge is 0.265 e. The second-order valence-electron chi connectivity index (χ2n) is 6.78. The van der Waals surface area contributed by atoms with Crippen LogP contribution in [0.2, 0.25) is 0 Å². The van der Waals surface area contributed by atoms with Crippen LogP contribution in [-0.4, -0.2) is 47.0 Å². The van der Waals surface area contributed by atoms with Gasteiger partial charge in [-0.05, 0) is 24.3 Å². The van der Waals surface area contributed by atoms with Gasteiger partial charge in [0.2, 0.25) is 0 Å². The van der Waals surface area contributed by atoms with Gasteiger partial charge in [-0.25, -0.2) is 4.98 Å². The highest BCUT2D eigenvalue weighted by atomic mass is 32.1. The van der Waals surface area contributed by atoms with Gasteiger partial charge in [0.1, 0.15) is 4.83 Å². The molecule has 0 spiro atoms. The first kappa shape index (κ1) is 18.3. The largest absolute Gasteiger partial charge is 0.378 e. The fraction of sp³-hybridized carbons (Fsp3) is 0.250. The predicted octanol–water partition coefficient (Wildman–Crippen LogP) is 3.85. The summed E-state index contributed by atoms with van der Waals surface area (Å²) in [5.74, 6) is -0.112. The number of morpholine rings is 1. The molecule has 1 N–H and O–H groups in total. The van der Waals surface area contributed by atoms with Gasteiger partial charge >= 0.3 is 0 Å². The lowest BCUT2D eigenvalue weighted by molar-refractivity contribution is 0.103. The van der Waals surface area contributed by atoms with E-state index in [0.29, 0.717) is 4.88 Å². The van der Waals surface area contributed by atoms with E-state index in [0.717, 1.165) is 57.9 Å². The molecule has 4 aromatic rings. The van der Waals surface area contributed by atoms with Crippen LogP contribution < -0.4 is 10.2 Å². The predicted molar refractivity (Wildman–Crippen MR) is 117 cm³/mol. The number of rotatable bonds is 4. The van der Waals surface area contributed by atoms with Crippen LogP contribution in [0.25, 0.3) is 20.8 Å². The molecule has 148 valence electrons. The minimum absolute atomic E-state index is 0.112. The highest BCUT2D eigenvalue weighted by molar-refractivity contribution is 7.29. The van der Waals surface area contributed by atoms with Crippen molar-refractivity contribution < 1.29 is 9.53 Å². The standard InChI is InChI=1S/C20H19N5O2S2/c1-24-7-6-15(23-24)13-2-4-14(5-3-13)21-18(26)16-12-17-19(28-16)22-20(29-17)25-8-10-27-11-9-25/h2-7,12H,8-11H2,1H3,(H,21,26). The van der Waals surface area contributed by atoms with Gasteiger partial charge in [0.05, 0.1) is 28.5 Å². The number of hydrogen-bond donors (Lipinski definition) is 1. The summed E-state index contributed by atoms with van der Waals surface area (Å²) in [7, 11) is 1.89. The summed E-state index contributed by atoms with van der Waals surface area (Å²) in [6, 6.07) is 11.6. The monoisotopic (exact) mass is 425 g/mol. The Morgan fingerprint density at radius 1 is 1.14 bits per heavy atom. The van der Waals surface area contributed by atoms with Gasteiger partial charge in [0.25, 0.3) is 5.91 Å². The zero-order chi connectivity index (χ0) is 19.8. The van der Waals surface area contributed by atoms with Crippen molar-refractivity contribution in [2.75, 3.05) is 36.5 Å². The maximum atomic E-state index is 12.7. The molecular weight excluding hydrogens is 406 g/mol. The highest BCUT2D eigenvalue weighted by Gasteiger charge is 2.19. The summed E-state index contributed by atoms with van der Waals surface area (Å²) in [6.07, 6.45) is 1.91. The van der Waals surface area contributed by atoms with Gasteiger partial charge < -0.3 is 15.0 Å². The zero-order valence-electron chi connectivity index (χ0n) is 15.8. The first-order valence-corrected chi connectivity index (χ1v) is 10.9. The Balaban J connectivity index is 1.29. The molecule has 0 unspecified atom stereocenters. The summed E-state index contributed by atoms with van der Waals surface area (Å²) >= 11 is 3.06. The molecule has 1 saturated heterocycles. The number of benzene rings is 1. The van der Waals surface area contributed by atoms with Gasteiger partial charge in [-0.1, -0.05) is 23.5 Å². The number of aryl methyl sites for hydroxylation is 1. The molecular formula is C20H19N5O2S2. The van der Waals surface area contributed by atoms with Crippen LogP contribution in [0.15, 0.2) is 42.6 Å². The number of nitrogens with one attached hydrogen (secondary N) is 1. The number of hydrogen-bond acceptors (Lipinski definition) is 7. The van der Waals surface area contributed by atoms with Crippen LogP contribution in [0.3, 0.4) is 0 Å². The summed E-state index contributed by atoms with van der Waals surface area (Å²) in [5, 5.41) is 8.37. The second kappa shape index (κ2) is 7.58. The summed E-state index contributed by atoms with van der Waals surface area (Å²) < 4.78 is 8.22. The Bertz CT molecular complexity index is 1120. The summed E-state index contributed by atoms with van der Waals surface area (Å²) in [4.78, 5) is 21.2. The van der Waals surface area contributed by atoms with Gasteiger partial charge in [0.15, 0.2) is 5.13 Å². The van der Waals surface area contributed by atoms with Crippen molar-refractivity contribution in [3.05, 3.63) is 47.5 Å². The highest BCUT2D eigenvalue weighted by Crippen LogP contribution is 2.35. The molecule has 1 amide bonds. The maximum absolute atomic E-state index is 12.7. The van der Waals surface area contributed by atoms with Gasteiger partial charge in [-0.3, -0.25) is 9.48 Å². The molecule has 29 heavy (non-hydrogen) atoms. The number of anilines is 2. The van der Waals surface area contributed by atoms with E-state index < -0.39 is 0 Å². The van der Waals surface area contributed by atoms with Crippen LogP contribution in [0, 0.1) is 0 Å². The van der Waals surface area contributed by atoms with E-state index >= 15 is 0 Å². The zero-order valence-corrected chi connectivity index (χ0v) is 17.4. The maximum Gasteiger partial charge on any atom is 0.265 e. The Hall–Kier alpha value is -2.75. The molecule has 1 aliphatic rings. The van der Waals surface area contributed by atoms with Crippen LogP contribution in [-0.2, 0) is 11.8 Å². The van der Waals surface area contributed by atoms with Gasteiger partial charge in [-0.15, -0.1) is 11.3 Å². The van der Waals surface area contributed by atoms with Crippen molar-refractivity contribution in [2.45, 2.75) is 0 Å². The fourth-order valence-corrected chi connectivity index (χ4v) is 5.37. The van der Waals surface area contributed by atoms with E-state index in [4.69, 9.17) is 9.72 Å². The lowest BCUT2D eigenvalue weighted by Gasteiger charge is -2.25. The molecule has 1 fully saturated rings. The average molecular weight is 426 g/mol. The Morgan fingerprint density at radius 3 is 2.62 bits per heavy atom. The quantitative estimate of drug-likeness (QED) is 0.538. The lowest BCUT2D eigenvalue weighted by Crippen LogP contribution is -2.36. The van der Waals surface area contributed by atoms with E-state index in [1.807, 2.05) is 49.6 Å². The number of aromatic nitrogens is 3. The second-order valence-corrected chi connectivity index (χ2v) is 8.82. The number of carbonyl (C=O) groups is 1. The normalized spacial score (nSPS) is 14.4. The molecule has 0 radical (unpaired) electrons. The van der Waals surface area contributed by atoms with Gasteiger partial charge in [0, 0.05) is 37.6 Å². The van der Waals surface area contributed by atoms with E-state index in [9.17, 15) is 4.79 Å². The molecule has 1 aliphatic heterocycles. The Kier molecular flexibility index (Phi) is 4.78. The fourth-order valence-electron chi connectivity index (χ4n) is 3.21. The first-order chi connectivity index (χ1) is 14.2. The minimum Gasteiger partial charge on any atom is -0.378 e. The molecule has 0 bridgehead atoms. The SMILES string of the molecule is Cn1ccc(-c2ccc(NC(=O)c3cc4sc(N5CCOCC5)nc4s3)cc2)n1. The van der Waals surface area contributed by atoms with Crippen LogP contribution in [0.5, 0.6) is 0 Å². The van der Waals surface area contributed by atoms with Crippen LogP contribution in [0.1, 0.15) is 9.67 Å². The first-order valence-electron chi connectivity index (χ1n) is 9.30. The number of thiazole rings is 1. The molecule has 9 heteroatoms. The van der Waals surface area contributed by atoms with Crippen molar-refractivity contribution in [1.29, 1.82) is 0 Å². The third kappa shape index (κ3) is 3.76. The van der Waals surface area contributed by atoms with E-state index in [1.54, 1.807) is 16.0 Å². The van der Waals surface area contributed by atoms with E-state index in [2.05, 4.69) is 15.3 Å². The lowest BCUT2D eigenvalue weighted by atomic mass is 10.1. The van der Waals surface area contributed by atoms with Gasteiger partial charge in [-0.2, -0.15) is 5.10 Å². The number of nitrogens with zero attached hydrogens (tertiary/aromatic N) is 4. The molecule has 1 aromatic carbocycles. The van der Waals surface area contributed by atoms with Crippen LogP contribution in [0.4, 0.5) is 10.8 Å². The van der Waals surface area contributed by atoms with Crippen molar-refractivity contribution >= 4 is 48.9 Å². The third-order valence-electron chi connectivity index (χ3n) is 4.74. The van der Waals surface area contributed by atoms with Crippen molar-refractivity contribution in [1.82, 2.24) is 14.8 Å². The minimum atomic E-state index is -0.112. The topological polar surface area (TPSA) is 72.3 Å². The summed E-state index contributed by atoms with van der Waals surface area (Å²) in [5.41, 5.74) is 2.68. The summed E-state index contributed by atoms with van der Waals surface area (Å²) in [6.45, 7) is 3.20. The molecule has 4 heterocycles. The number of amides is 1. The van der Waals surface area contributed by atoms with Crippen molar-refractivity contribution in [3.8, 4) is 11.3 Å². The third-order valence-corrected chi connectivity index (χ3v) is 6.96. The number of thiophene rings is 1. The number of ether oxygens (including phenoxy) is 1. The average Bonchev–Trinajstić information content (AvgIpc) is 3.44. The Morgan fingerprint density at radius 2 is 1.93 bits per heavy atom. The van der Waals surface area contributed by atoms with Crippen molar-refractivity contribution in [3.63, 3.8) is 0 Å². The molecule has 0 atom stereocenters. The number of fused-ring (bicyclic) bond motifs is 1. The molecule has 0 saturated carbocycles. The Labute approximate surface area is 175 Å². The molecule has 3 aromatic heterocycles. The van der Waals surface area contributed by atoms with Crippen molar-refractivity contribution in [2.24, 2.45) is 7.05 Å². The van der Waals surface area contributed by atoms with E-state index in [1.165, 1.54) is 11.3 Å². The molecule has 0 aliphatic carbocycles. The number of carbonyl (C=O) groups excluding carboxylic acids is 1. The molecule has 7 nitrogen and oxygen atoms in total. The van der Waals surface area contributed by atoms with Crippen LogP contribution >= 0.6 is 22.7 Å². The molecule has 5 rings (SSSR count). The van der Waals surface area contributed by atoms with E-state index in [-0.39, 0.29) is 5.91 Å².